The van der Waals surface area contributed by atoms with Crippen LogP contribution in [0.1, 0.15) is 24.5 Å². The number of hydrogen-bond donors (Lipinski definition) is 1. The number of esters is 1. The topological polar surface area (TPSA) is 72.8 Å². The number of rotatable bonds is 9. The molecule has 2 radical (unpaired) electrons. The summed E-state index contributed by atoms with van der Waals surface area (Å²) in [6, 6.07) is 10.2. The predicted octanol–water partition coefficient (Wildman–Crippen LogP) is 4.39. The first kappa shape index (κ1) is 22.0. The zero-order valence-electron chi connectivity index (χ0n) is 15.3. The monoisotopic (exact) mass is 498 g/mol. The SMILES string of the molecule is [B]P(I)C(CC(=O)OCCOc1c(CC)cc2ccccc2c1C)C(=O)O. The quantitative estimate of drug-likeness (QED) is 0.183. The molecule has 5 nitrogen and oxygen atoms in total. The summed E-state index contributed by atoms with van der Waals surface area (Å²) in [7, 11) is 5.65. The minimum atomic E-state index is -1.28. The Bertz CT molecular complexity index is 827. The van der Waals surface area contributed by atoms with Gasteiger partial charge in [0.05, 0.1) is 12.1 Å². The van der Waals surface area contributed by atoms with Crippen LogP contribution in [0, 0.1) is 6.92 Å². The fraction of sp³-hybridized carbons (Fsp3) is 0.368. The van der Waals surface area contributed by atoms with Gasteiger partial charge in [-0.05, 0) is 41.3 Å². The van der Waals surface area contributed by atoms with Crippen molar-refractivity contribution in [3.05, 3.63) is 41.5 Å². The third-order valence-corrected chi connectivity index (χ3v) is 7.26. The predicted molar refractivity (Wildman–Crippen MR) is 117 cm³/mol. The average Bonchev–Trinajstić information content (AvgIpc) is 2.63. The molecular formula is C19H21BIO5P. The molecule has 0 aromatic heterocycles. The summed E-state index contributed by atoms with van der Waals surface area (Å²) in [5.41, 5.74) is -0.0242. The molecule has 0 aliphatic carbocycles. The van der Waals surface area contributed by atoms with Crippen molar-refractivity contribution in [2.45, 2.75) is 32.3 Å². The van der Waals surface area contributed by atoms with Crippen LogP contribution in [0.2, 0.25) is 0 Å². The van der Waals surface area contributed by atoms with Gasteiger partial charge >= 0.3 is 11.9 Å². The Morgan fingerprint density at radius 3 is 2.63 bits per heavy atom. The van der Waals surface area contributed by atoms with Crippen LogP contribution in [0.25, 0.3) is 10.8 Å². The fourth-order valence-electron chi connectivity index (χ4n) is 2.84. The smallest absolute Gasteiger partial charge is 0.311 e. The van der Waals surface area contributed by atoms with Gasteiger partial charge in [-0.25, -0.2) is 0 Å². The first-order valence-electron chi connectivity index (χ1n) is 8.57. The number of fused-ring (bicyclic) bond motifs is 1. The molecule has 2 unspecified atom stereocenters. The number of carbonyl (C=O) groups is 2. The molecule has 1 N–H and O–H groups in total. The first-order chi connectivity index (χ1) is 12.8. The number of aliphatic carboxylic acids is 1. The van der Waals surface area contributed by atoms with Crippen LogP contribution in [-0.2, 0) is 20.7 Å². The molecule has 142 valence electrons. The van der Waals surface area contributed by atoms with Gasteiger partial charge in [0.1, 0.15) is 26.5 Å². The number of carbonyl (C=O) groups excluding carboxylic acids is 1. The van der Waals surface area contributed by atoms with Crippen LogP contribution in [-0.4, -0.2) is 43.5 Å². The van der Waals surface area contributed by atoms with Gasteiger partial charge in [-0.2, -0.15) is 0 Å². The van der Waals surface area contributed by atoms with Gasteiger partial charge in [-0.1, -0.05) is 58.7 Å². The highest BCUT2D eigenvalue weighted by Gasteiger charge is 2.25. The number of halogens is 1. The van der Waals surface area contributed by atoms with Crippen molar-refractivity contribution in [2.75, 3.05) is 13.2 Å². The van der Waals surface area contributed by atoms with E-state index in [1.807, 2.05) is 41.1 Å². The van der Waals surface area contributed by atoms with Crippen molar-refractivity contribution in [3.8, 4) is 5.75 Å². The Hall–Kier alpha value is -1.34. The lowest BCUT2D eigenvalue weighted by Gasteiger charge is -2.17. The highest BCUT2D eigenvalue weighted by Crippen LogP contribution is 2.46. The Kier molecular flexibility index (Phi) is 8.36. The zero-order valence-corrected chi connectivity index (χ0v) is 18.3. The maximum atomic E-state index is 11.8. The maximum absolute atomic E-state index is 11.8. The van der Waals surface area contributed by atoms with E-state index in [-0.39, 0.29) is 19.6 Å². The standard InChI is InChI=1S/C19H21BIO5P/c1-3-13-10-14-6-4-5-7-15(14)12(2)18(13)26-9-8-25-17(22)11-16(19(23)24)27(20)21/h4-7,10,16H,3,8-9,11H2,1-2H3,(H,23,24). The van der Waals surface area contributed by atoms with Gasteiger partial charge in [0, 0.05) is 0 Å². The molecule has 0 bridgehead atoms. The third kappa shape index (κ3) is 5.82. The van der Waals surface area contributed by atoms with E-state index in [1.165, 1.54) is 5.39 Å². The molecule has 2 aromatic carbocycles. The van der Waals surface area contributed by atoms with Gasteiger partial charge in [-0.15, -0.1) is 0 Å². The zero-order chi connectivity index (χ0) is 20.0. The van der Waals surface area contributed by atoms with Crippen molar-refractivity contribution in [2.24, 2.45) is 0 Å². The number of ether oxygens (including phenoxy) is 2. The number of aryl methyl sites for hydroxylation is 2. The van der Waals surface area contributed by atoms with E-state index < -0.39 is 23.0 Å². The number of hydrogen-bond acceptors (Lipinski definition) is 4. The van der Waals surface area contributed by atoms with E-state index in [4.69, 9.17) is 22.1 Å². The van der Waals surface area contributed by atoms with Crippen LogP contribution in [0.4, 0.5) is 0 Å². The molecule has 2 aromatic rings. The molecule has 0 aliphatic heterocycles. The van der Waals surface area contributed by atoms with Gasteiger partial charge in [0.15, 0.2) is 0 Å². The van der Waals surface area contributed by atoms with Crippen LogP contribution < -0.4 is 4.74 Å². The Balaban J connectivity index is 1.96. The summed E-state index contributed by atoms with van der Waals surface area (Å²) in [5, 5.41) is 11.4. The Morgan fingerprint density at radius 1 is 1.30 bits per heavy atom. The summed E-state index contributed by atoms with van der Waals surface area (Å²) in [5.74, 6) is -0.842. The van der Waals surface area contributed by atoms with Gasteiger partial charge < -0.3 is 14.6 Å². The molecule has 0 aliphatic rings. The van der Waals surface area contributed by atoms with Gasteiger partial charge in [0.2, 0.25) is 0 Å². The van der Waals surface area contributed by atoms with E-state index in [2.05, 4.69) is 25.1 Å². The molecule has 2 atom stereocenters. The summed E-state index contributed by atoms with van der Waals surface area (Å²) < 4.78 is 11.0. The molecule has 2 rings (SSSR count). The summed E-state index contributed by atoms with van der Waals surface area (Å²) in [6.45, 7) is 4.35. The summed E-state index contributed by atoms with van der Waals surface area (Å²) >= 11 is 1.85. The highest BCUT2D eigenvalue weighted by molar-refractivity contribution is 14.2. The Labute approximate surface area is 174 Å². The second kappa shape index (κ2) is 10.3. The van der Waals surface area contributed by atoms with Crippen molar-refractivity contribution in [1.29, 1.82) is 0 Å². The lowest BCUT2D eigenvalue weighted by molar-refractivity contribution is -0.147. The van der Waals surface area contributed by atoms with Crippen LogP contribution in [0.15, 0.2) is 30.3 Å². The van der Waals surface area contributed by atoms with Crippen LogP contribution >= 0.6 is 27.5 Å². The normalized spacial score (nSPS) is 13.1. The van der Waals surface area contributed by atoms with Gasteiger partial charge in [-0.3, -0.25) is 9.59 Å². The number of carboxylic acids is 1. The summed E-state index contributed by atoms with van der Waals surface area (Å²) in [6.07, 6.45) is 0.604. The van der Waals surface area contributed by atoms with Crippen molar-refractivity contribution < 1.29 is 24.2 Å². The average molecular weight is 498 g/mol. The maximum Gasteiger partial charge on any atom is 0.311 e. The molecule has 0 heterocycles. The molecule has 0 spiro atoms. The largest absolute Gasteiger partial charge is 0.489 e. The van der Waals surface area contributed by atoms with Crippen LogP contribution in [0.5, 0.6) is 5.75 Å². The lowest BCUT2D eigenvalue weighted by Crippen LogP contribution is -2.23. The molecule has 0 saturated carbocycles. The fourth-order valence-corrected chi connectivity index (χ4v) is 4.68. The van der Waals surface area contributed by atoms with Crippen molar-refractivity contribution in [1.82, 2.24) is 0 Å². The molecule has 0 amide bonds. The Morgan fingerprint density at radius 2 is 2.00 bits per heavy atom. The van der Waals surface area contributed by atoms with E-state index in [0.717, 1.165) is 28.7 Å². The second-order valence-corrected chi connectivity index (χ2v) is 10.7. The molecule has 27 heavy (non-hydrogen) atoms. The molecule has 0 fully saturated rings. The molecule has 0 saturated heterocycles. The number of carboxylic acid groups (broad SMARTS) is 1. The third-order valence-electron chi connectivity index (χ3n) is 4.24. The van der Waals surface area contributed by atoms with Crippen molar-refractivity contribution >= 4 is 57.8 Å². The van der Waals surface area contributed by atoms with E-state index in [9.17, 15) is 9.59 Å². The minimum Gasteiger partial charge on any atom is -0.489 e. The second-order valence-electron chi connectivity index (χ2n) is 6.04. The van der Waals surface area contributed by atoms with E-state index >= 15 is 0 Å². The summed E-state index contributed by atoms with van der Waals surface area (Å²) in [4.78, 5) is 23.0. The molecule has 8 heteroatoms. The highest BCUT2D eigenvalue weighted by atomic mass is 127. The van der Waals surface area contributed by atoms with Crippen LogP contribution in [0.3, 0.4) is 0 Å². The first-order valence-corrected chi connectivity index (χ1v) is 12.8. The van der Waals surface area contributed by atoms with Gasteiger partial charge in [0.25, 0.3) is 0 Å². The van der Waals surface area contributed by atoms with E-state index in [0.29, 0.717) is 0 Å². The molecular weight excluding hydrogens is 477 g/mol. The van der Waals surface area contributed by atoms with E-state index in [1.54, 1.807) is 0 Å². The lowest BCUT2D eigenvalue weighted by atomic mass is 9.99. The minimum absolute atomic E-state index is 0.0599. The number of benzene rings is 2. The van der Waals surface area contributed by atoms with Crippen molar-refractivity contribution in [3.63, 3.8) is 0 Å².